The van der Waals surface area contributed by atoms with Crippen LogP contribution in [0.25, 0.3) is 0 Å². The zero-order valence-electron chi connectivity index (χ0n) is 15.9. The van der Waals surface area contributed by atoms with Gasteiger partial charge in [0.1, 0.15) is 0 Å². The maximum atomic E-state index is 11.9. The highest BCUT2D eigenvalue weighted by atomic mass is 32.1. The highest BCUT2D eigenvalue weighted by Gasteiger charge is 2.24. The second-order valence-corrected chi connectivity index (χ2v) is 7.70. The number of nitrogens with zero attached hydrogens (tertiary/aromatic N) is 2. The number of aryl methyl sites for hydroxylation is 2. The van der Waals surface area contributed by atoms with Crippen molar-refractivity contribution in [1.82, 2.24) is 15.6 Å². The van der Waals surface area contributed by atoms with E-state index in [1.54, 1.807) is 18.4 Å². The van der Waals surface area contributed by atoms with Crippen LogP contribution in [0.4, 0.5) is 5.69 Å². The van der Waals surface area contributed by atoms with Crippen LogP contribution in [0, 0.1) is 6.92 Å². The number of nitrogens with one attached hydrogen (secondary N) is 3. The molecule has 1 aliphatic heterocycles. The number of unbranched alkanes of at least 4 members (excludes halogenated alkanes) is 1. The molecule has 2 aromatic rings. The number of carbonyl (C=O) groups excluding carboxylic acids is 1. The Labute approximate surface area is 164 Å². The van der Waals surface area contributed by atoms with Crippen LogP contribution in [0.1, 0.15) is 41.4 Å². The van der Waals surface area contributed by atoms with Crippen LogP contribution in [-0.2, 0) is 11.2 Å². The lowest BCUT2D eigenvalue weighted by Crippen LogP contribution is -2.41. The van der Waals surface area contributed by atoms with Gasteiger partial charge in [-0.1, -0.05) is 18.2 Å². The summed E-state index contributed by atoms with van der Waals surface area (Å²) in [6, 6.07) is 8.00. The Morgan fingerprint density at radius 2 is 2.19 bits per heavy atom. The van der Waals surface area contributed by atoms with Crippen molar-refractivity contribution in [2.75, 3.05) is 25.5 Å². The molecule has 0 saturated heterocycles. The van der Waals surface area contributed by atoms with E-state index in [2.05, 4.69) is 37.4 Å². The molecule has 144 valence electrons. The van der Waals surface area contributed by atoms with Crippen LogP contribution in [-0.4, -0.2) is 37.0 Å². The first-order chi connectivity index (χ1) is 13.2. The highest BCUT2D eigenvalue weighted by Crippen LogP contribution is 2.31. The number of fused-ring (bicyclic) bond motifs is 1. The Morgan fingerprint density at radius 3 is 2.96 bits per heavy atom. The predicted molar refractivity (Wildman–Crippen MR) is 112 cm³/mol. The number of guanidine groups is 1. The van der Waals surface area contributed by atoms with E-state index in [1.807, 2.05) is 25.1 Å². The molecule has 3 N–H and O–H groups in total. The number of aliphatic imine (C=N–C) groups is 1. The Bertz CT molecular complexity index is 801. The largest absolute Gasteiger partial charge is 0.356 e. The van der Waals surface area contributed by atoms with Gasteiger partial charge in [0, 0.05) is 49.2 Å². The summed E-state index contributed by atoms with van der Waals surface area (Å²) in [5.74, 6) is 1.01. The molecule has 0 spiro atoms. The summed E-state index contributed by atoms with van der Waals surface area (Å²) in [6.07, 6.45) is 3.69. The number of hydrogen-bond donors (Lipinski definition) is 3. The lowest BCUT2D eigenvalue weighted by molar-refractivity contribution is -0.116. The lowest BCUT2D eigenvalue weighted by Gasteiger charge is -2.26. The van der Waals surface area contributed by atoms with Crippen molar-refractivity contribution in [1.29, 1.82) is 0 Å². The van der Waals surface area contributed by atoms with E-state index in [0.717, 1.165) is 43.1 Å². The quantitative estimate of drug-likeness (QED) is 0.389. The molecule has 1 aromatic carbocycles. The minimum atomic E-state index is 0.0702. The van der Waals surface area contributed by atoms with E-state index in [4.69, 9.17) is 0 Å². The first-order valence-electron chi connectivity index (χ1n) is 9.40. The molecule has 0 fully saturated rings. The number of benzene rings is 1. The summed E-state index contributed by atoms with van der Waals surface area (Å²) < 4.78 is 0. The minimum Gasteiger partial charge on any atom is -0.356 e. The Hall–Kier alpha value is -2.41. The molecule has 0 bridgehead atoms. The number of amides is 1. The number of carbonyl (C=O) groups is 1. The van der Waals surface area contributed by atoms with Crippen molar-refractivity contribution >= 4 is 28.9 Å². The summed E-state index contributed by atoms with van der Waals surface area (Å²) in [7, 11) is 1.77. The van der Waals surface area contributed by atoms with Gasteiger partial charge in [-0.05, 0) is 37.8 Å². The topological polar surface area (TPSA) is 78.4 Å². The monoisotopic (exact) mass is 385 g/mol. The second kappa shape index (κ2) is 9.50. The van der Waals surface area contributed by atoms with Gasteiger partial charge in [0.05, 0.1) is 5.01 Å². The third kappa shape index (κ3) is 5.53. The number of anilines is 1. The summed E-state index contributed by atoms with van der Waals surface area (Å²) in [5, 5.41) is 13.0. The predicted octanol–water partition coefficient (Wildman–Crippen LogP) is 3.07. The van der Waals surface area contributed by atoms with Gasteiger partial charge in [-0.25, -0.2) is 4.98 Å². The maximum absolute atomic E-state index is 11.9. The lowest BCUT2D eigenvalue weighted by atomic mass is 9.90. The van der Waals surface area contributed by atoms with Gasteiger partial charge < -0.3 is 16.0 Å². The Kier molecular flexibility index (Phi) is 6.81. The molecule has 0 aliphatic carbocycles. The number of hydrogen-bond acceptors (Lipinski definition) is 4. The summed E-state index contributed by atoms with van der Waals surface area (Å²) in [5.41, 5.74) is 3.20. The average Bonchev–Trinajstić information content (AvgIpc) is 3.08. The molecular formula is C20H27N5OS. The van der Waals surface area contributed by atoms with E-state index in [-0.39, 0.29) is 11.8 Å². The van der Waals surface area contributed by atoms with Gasteiger partial charge in [0.2, 0.25) is 5.91 Å². The second-order valence-electron chi connectivity index (χ2n) is 6.76. The first kappa shape index (κ1) is 19.4. The van der Waals surface area contributed by atoms with Crippen molar-refractivity contribution in [2.45, 2.75) is 38.5 Å². The molecule has 1 atom stereocenters. The fourth-order valence-electron chi connectivity index (χ4n) is 3.25. The van der Waals surface area contributed by atoms with Crippen LogP contribution in [0.2, 0.25) is 0 Å². The normalized spacial score (nSPS) is 16.6. The van der Waals surface area contributed by atoms with Gasteiger partial charge in [0.15, 0.2) is 5.96 Å². The SMILES string of the molecule is CN=C(NCCCCc1nc(C)cs1)NCC1CC(=O)Nc2ccccc21. The number of aromatic nitrogens is 1. The molecule has 2 heterocycles. The first-order valence-corrected chi connectivity index (χ1v) is 10.3. The van der Waals surface area contributed by atoms with Gasteiger partial charge in [-0.2, -0.15) is 0 Å². The summed E-state index contributed by atoms with van der Waals surface area (Å²) in [4.78, 5) is 20.7. The molecule has 6 nitrogen and oxygen atoms in total. The summed E-state index contributed by atoms with van der Waals surface area (Å²) >= 11 is 1.74. The standard InChI is InChI=1S/C20H27N5OS/c1-14-13-27-19(24-14)9-5-6-10-22-20(21-2)23-12-15-11-18(26)25-17-8-4-3-7-16(15)17/h3-4,7-8,13,15H,5-6,9-12H2,1-2H3,(H,25,26)(H2,21,22,23). The van der Waals surface area contributed by atoms with Crippen LogP contribution in [0.3, 0.4) is 0 Å². The zero-order chi connectivity index (χ0) is 19.1. The van der Waals surface area contributed by atoms with Gasteiger partial charge in [0.25, 0.3) is 0 Å². The van der Waals surface area contributed by atoms with Crippen LogP contribution in [0.15, 0.2) is 34.6 Å². The molecular weight excluding hydrogens is 358 g/mol. The Morgan fingerprint density at radius 1 is 1.33 bits per heavy atom. The van der Waals surface area contributed by atoms with Crippen molar-refractivity contribution in [2.24, 2.45) is 4.99 Å². The van der Waals surface area contributed by atoms with Crippen molar-refractivity contribution in [3.8, 4) is 0 Å². The molecule has 1 aliphatic rings. The van der Waals surface area contributed by atoms with Gasteiger partial charge >= 0.3 is 0 Å². The van der Waals surface area contributed by atoms with Crippen LogP contribution < -0.4 is 16.0 Å². The molecule has 1 aromatic heterocycles. The molecule has 1 amide bonds. The minimum absolute atomic E-state index is 0.0702. The Balaban J connectivity index is 1.41. The van der Waals surface area contributed by atoms with E-state index >= 15 is 0 Å². The molecule has 1 unspecified atom stereocenters. The smallest absolute Gasteiger partial charge is 0.225 e. The average molecular weight is 386 g/mol. The van der Waals surface area contributed by atoms with Gasteiger partial charge in [-0.3, -0.25) is 9.79 Å². The van der Waals surface area contributed by atoms with Crippen molar-refractivity contribution in [3.05, 3.63) is 45.9 Å². The number of para-hydroxylation sites is 1. The van der Waals surface area contributed by atoms with E-state index in [0.29, 0.717) is 13.0 Å². The molecule has 0 saturated carbocycles. The highest BCUT2D eigenvalue weighted by molar-refractivity contribution is 7.09. The van der Waals surface area contributed by atoms with E-state index in [9.17, 15) is 4.79 Å². The van der Waals surface area contributed by atoms with E-state index < -0.39 is 0 Å². The molecule has 7 heteroatoms. The number of thiazole rings is 1. The molecule has 27 heavy (non-hydrogen) atoms. The van der Waals surface area contributed by atoms with Crippen molar-refractivity contribution in [3.63, 3.8) is 0 Å². The maximum Gasteiger partial charge on any atom is 0.225 e. The molecule has 3 rings (SSSR count). The third-order valence-electron chi connectivity index (χ3n) is 4.62. The van der Waals surface area contributed by atoms with Gasteiger partial charge in [-0.15, -0.1) is 11.3 Å². The van der Waals surface area contributed by atoms with Crippen LogP contribution >= 0.6 is 11.3 Å². The third-order valence-corrected chi connectivity index (χ3v) is 5.65. The fraction of sp³-hybridized carbons (Fsp3) is 0.450. The number of rotatable bonds is 7. The van der Waals surface area contributed by atoms with Crippen molar-refractivity contribution < 1.29 is 4.79 Å². The van der Waals surface area contributed by atoms with Crippen LogP contribution in [0.5, 0.6) is 0 Å². The van der Waals surface area contributed by atoms with E-state index in [1.165, 1.54) is 10.6 Å². The zero-order valence-corrected chi connectivity index (χ0v) is 16.7. The summed E-state index contributed by atoms with van der Waals surface area (Å²) in [6.45, 7) is 3.58. The fourth-order valence-corrected chi connectivity index (χ4v) is 4.07. The molecule has 0 radical (unpaired) electrons.